The normalized spacial score (nSPS) is 16.8. The van der Waals surface area contributed by atoms with Crippen molar-refractivity contribution in [2.24, 2.45) is 5.92 Å². The number of rotatable bonds is 5. The van der Waals surface area contributed by atoms with Crippen LogP contribution < -0.4 is 5.32 Å². The molecule has 1 aromatic heterocycles. The highest BCUT2D eigenvalue weighted by Gasteiger charge is 2.16. The standard InChI is InChI=1S/C14H23N3OS/c1-11(18)15-14-16-13(10-19-14)9-17(2)8-12-6-4-3-5-7-12/h10,12H,3-9H2,1-2H3,(H,15,16,18). The van der Waals surface area contributed by atoms with E-state index in [9.17, 15) is 4.79 Å². The lowest BCUT2D eigenvalue weighted by atomic mass is 9.89. The highest BCUT2D eigenvalue weighted by atomic mass is 32.1. The molecular formula is C14H23N3OS. The Hall–Kier alpha value is -0.940. The Kier molecular flexibility index (Phi) is 5.34. The van der Waals surface area contributed by atoms with Gasteiger partial charge in [0.2, 0.25) is 5.91 Å². The van der Waals surface area contributed by atoms with E-state index in [2.05, 4.69) is 22.2 Å². The Morgan fingerprint density at radius 3 is 2.89 bits per heavy atom. The average Bonchev–Trinajstić information content (AvgIpc) is 2.76. The summed E-state index contributed by atoms with van der Waals surface area (Å²) in [6.45, 7) is 3.54. The highest BCUT2D eigenvalue weighted by Crippen LogP contribution is 2.24. The van der Waals surface area contributed by atoms with Crippen molar-refractivity contribution in [1.82, 2.24) is 9.88 Å². The van der Waals surface area contributed by atoms with Gasteiger partial charge in [-0.2, -0.15) is 0 Å². The molecule has 0 unspecified atom stereocenters. The van der Waals surface area contributed by atoms with Crippen LogP contribution in [0.3, 0.4) is 0 Å². The van der Waals surface area contributed by atoms with Crippen LogP contribution in [0, 0.1) is 5.92 Å². The smallest absolute Gasteiger partial charge is 0.223 e. The molecule has 19 heavy (non-hydrogen) atoms. The first kappa shape index (κ1) is 14.5. The van der Waals surface area contributed by atoms with Crippen LogP contribution in [0.2, 0.25) is 0 Å². The highest BCUT2D eigenvalue weighted by molar-refractivity contribution is 7.13. The molecule has 0 bridgehead atoms. The lowest BCUT2D eigenvalue weighted by Gasteiger charge is -2.26. The van der Waals surface area contributed by atoms with E-state index in [0.717, 1.165) is 24.7 Å². The number of thiazole rings is 1. The summed E-state index contributed by atoms with van der Waals surface area (Å²) < 4.78 is 0. The summed E-state index contributed by atoms with van der Waals surface area (Å²) in [7, 11) is 2.16. The van der Waals surface area contributed by atoms with E-state index in [0.29, 0.717) is 5.13 Å². The summed E-state index contributed by atoms with van der Waals surface area (Å²) in [6, 6.07) is 0. The number of anilines is 1. The van der Waals surface area contributed by atoms with Crippen molar-refractivity contribution in [3.8, 4) is 0 Å². The second-order valence-electron chi connectivity index (χ2n) is 5.53. The van der Waals surface area contributed by atoms with Gasteiger partial charge in [0.25, 0.3) is 0 Å². The van der Waals surface area contributed by atoms with E-state index in [1.54, 1.807) is 0 Å². The Balaban J connectivity index is 1.79. The molecule has 1 aromatic rings. The second-order valence-corrected chi connectivity index (χ2v) is 6.38. The number of aromatic nitrogens is 1. The molecular weight excluding hydrogens is 258 g/mol. The molecule has 4 nitrogen and oxygen atoms in total. The van der Waals surface area contributed by atoms with Crippen LogP contribution in [0.25, 0.3) is 0 Å². The molecule has 5 heteroatoms. The van der Waals surface area contributed by atoms with Crippen molar-refractivity contribution in [2.45, 2.75) is 45.6 Å². The molecule has 106 valence electrons. The molecule has 0 aromatic carbocycles. The van der Waals surface area contributed by atoms with Crippen molar-refractivity contribution in [2.75, 3.05) is 18.9 Å². The average molecular weight is 281 g/mol. The van der Waals surface area contributed by atoms with Crippen molar-refractivity contribution in [3.05, 3.63) is 11.1 Å². The van der Waals surface area contributed by atoms with Crippen LogP contribution in [0.15, 0.2) is 5.38 Å². The van der Waals surface area contributed by atoms with Gasteiger partial charge in [-0.1, -0.05) is 19.3 Å². The minimum atomic E-state index is -0.0588. The fourth-order valence-corrected chi connectivity index (χ4v) is 3.49. The Morgan fingerprint density at radius 1 is 1.47 bits per heavy atom. The van der Waals surface area contributed by atoms with Gasteiger partial charge in [0, 0.05) is 25.4 Å². The predicted molar refractivity (Wildman–Crippen MR) is 79.3 cm³/mol. The lowest BCUT2D eigenvalue weighted by molar-refractivity contribution is -0.114. The first-order chi connectivity index (χ1) is 9.13. The van der Waals surface area contributed by atoms with Gasteiger partial charge in [-0.15, -0.1) is 11.3 Å². The number of carbonyl (C=O) groups excluding carboxylic acids is 1. The third-order valence-electron chi connectivity index (χ3n) is 3.56. The van der Waals surface area contributed by atoms with E-state index in [4.69, 9.17) is 0 Å². The largest absolute Gasteiger partial charge is 0.302 e. The minimum Gasteiger partial charge on any atom is -0.302 e. The number of amides is 1. The van der Waals surface area contributed by atoms with Crippen molar-refractivity contribution in [3.63, 3.8) is 0 Å². The van der Waals surface area contributed by atoms with E-state index in [-0.39, 0.29) is 5.91 Å². The Bertz CT molecular complexity index is 413. The van der Waals surface area contributed by atoms with Crippen LogP contribution >= 0.6 is 11.3 Å². The maximum Gasteiger partial charge on any atom is 0.223 e. The van der Waals surface area contributed by atoms with Crippen molar-refractivity contribution >= 4 is 22.4 Å². The van der Waals surface area contributed by atoms with Gasteiger partial charge >= 0.3 is 0 Å². The summed E-state index contributed by atoms with van der Waals surface area (Å²) >= 11 is 1.50. The third kappa shape index (κ3) is 4.91. The molecule has 1 heterocycles. The summed E-state index contributed by atoms with van der Waals surface area (Å²) in [4.78, 5) is 17.7. The van der Waals surface area contributed by atoms with Gasteiger partial charge in [-0.05, 0) is 25.8 Å². The summed E-state index contributed by atoms with van der Waals surface area (Å²) in [5.74, 6) is 0.795. The maximum absolute atomic E-state index is 11.0. The van der Waals surface area contributed by atoms with Crippen LogP contribution in [-0.2, 0) is 11.3 Å². The molecule has 1 aliphatic carbocycles. The van der Waals surface area contributed by atoms with Crippen LogP contribution in [0.5, 0.6) is 0 Å². The molecule has 0 atom stereocenters. The topological polar surface area (TPSA) is 45.2 Å². The zero-order valence-corrected chi connectivity index (χ0v) is 12.6. The SMILES string of the molecule is CC(=O)Nc1nc(CN(C)CC2CCCCC2)cs1. The number of nitrogens with zero attached hydrogens (tertiary/aromatic N) is 2. The quantitative estimate of drug-likeness (QED) is 0.902. The maximum atomic E-state index is 11.0. The van der Waals surface area contributed by atoms with Crippen LogP contribution in [0.1, 0.15) is 44.7 Å². The molecule has 0 spiro atoms. The Morgan fingerprint density at radius 2 is 2.21 bits per heavy atom. The third-order valence-corrected chi connectivity index (χ3v) is 4.37. The zero-order chi connectivity index (χ0) is 13.7. The van der Waals surface area contributed by atoms with Gasteiger partial charge in [0.05, 0.1) is 5.69 Å². The minimum absolute atomic E-state index is 0.0588. The molecule has 0 saturated heterocycles. The molecule has 1 amide bonds. The van der Waals surface area contributed by atoms with Gasteiger partial charge in [-0.25, -0.2) is 4.98 Å². The van der Waals surface area contributed by atoms with Gasteiger partial charge < -0.3 is 10.2 Å². The molecule has 2 rings (SSSR count). The van der Waals surface area contributed by atoms with Crippen LogP contribution in [-0.4, -0.2) is 29.4 Å². The van der Waals surface area contributed by atoms with Gasteiger partial charge in [-0.3, -0.25) is 4.79 Å². The number of hydrogen-bond donors (Lipinski definition) is 1. The molecule has 0 aliphatic heterocycles. The zero-order valence-electron chi connectivity index (χ0n) is 11.8. The molecule has 1 N–H and O–H groups in total. The monoisotopic (exact) mass is 281 g/mol. The van der Waals surface area contributed by atoms with Crippen LogP contribution in [0.4, 0.5) is 5.13 Å². The second kappa shape index (κ2) is 7.01. The fraction of sp³-hybridized carbons (Fsp3) is 0.714. The van der Waals surface area contributed by atoms with E-state index >= 15 is 0 Å². The number of hydrogen-bond acceptors (Lipinski definition) is 4. The summed E-state index contributed by atoms with van der Waals surface area (Å²) in [6.07, 6.45) is 6.94. The van der Waals surface area contributed by atoms with Crippen molar-refractivity contribution in [1.29, 1.82) is 0 Å². The lowest BCUT2D eigenvalue weighted by Crippen LogP contribution is -2.26. The summed E-state index contributed by atoms with van der Waals surface area (Å²) in [5, 5.41) is 5.46. The molecule has 0 radical (unpaired) electrons. The van der Waals surface area contributed by atoms with Gasteiger partial charge in [0.1, 0.15) is 0 Å². The van der Waals surface area contributed by atoms with E-state index < -0.39 is 0 Å². The number of carbonyl (C=O) groups is 1. The first-order valence-electron chi connectivity index (χ1n) is 7.04. The van der Waals surface area contributed by atoms with E-state index in [1.165, 1.54) is 50.4 Å². The van der Waals surface area contributed by atoms with Crippen molar-refractivity contribution < 1.29 is 4.79 Å². The summed E-state index contributed by atoms with van der Waals surface area (Å²) in [5.41, 5.74) is 1.05. The Labute approximate surface area is 119 Å². The molecule has 1 fully saturated rings. The first-order valence-corrected chi connectivity index (χ1v) is 7.92. The predicted octanol–water partition coefficient (Wildman–Crippen LogP) is 3.11. The van der Waals surface area contributed by atoms with Gasteiger partial charge in [0.15, 0.2) is 5.13 Å². The number of nitrogens with one attached hydrogen (secondary N) is 1. The van der Waals surface area contributed by atoms with E-state index in [1.807, 2.05) is 5.38 Å². The molecule has 1 saturated carbocycles. The fourth-order valence-electron chi connectivity index (χ4n) is 2.74. The molecule has 1 aliphatic rings.